The number of rotatable bonds is 7. The minimum Gasteiger partial charge on any atom is -0.481 e. The number of carbonyl (C=O) groups is 1. The molecule has 1 heterocycles. The number of fused-ring (bicyclic) bond motifs is 1. The van der Waals surface area contributed by atoms with Crippen molar-refractivity contribution in [2.24, 2.45) is 0 Å². The summed E-state index contributed by atoms with van der Waals surface area (Å²) in [6.45, 7) is 0. The molecule has 0 atom stereocenters. The number of aromatic nitrogens is 1. The molecule has 0 saturated carbocycles. The van der Waals surface area contributed by atoms with Crippen molar-refractivity contribution in [1.82, 2.24) is 4.98 Å². The van der Waals surface area contributed by atoms with E-state index < -0.39 is 5.97 Å². The van der Waals surface area contributed by atoms with Crippen LogP contribution in [0, 0.1) is 0 Å². The van der Waals surface area contributed by atoms with E-state index in [2.05, 4.69) is 16.4 Å². The fourth-order valence-corrected chi connectivity index (χ4v) is 4.73. The van der Waals surface area contributed by atoms with E-state index >= 15 is 0 Å². The number of nitrogens with one attached hydrogen (secondary N) is 2. The Morgan fingerprint density at radius 3 is 1.92 bits per heavy atom. The van der Waals surface area contributed by atoms with Crippen molar-refractivity contribution in [2.45, 2.75) is 12.3 Å². The number of hydrogen-bond acceptors (Lipinski definition) is 3. The Kier molecular flexibility index (Phi) is 6.99. The molecule has 0 aliphatic carbocycles. The molecular weight excluding hydrogens is 507 g/mol. The molecule has 0 unspecified atom stereocenters. The minimum absolute atomic E-state index is 0.0473. The van der Waals surface area contributed by atoms with Gasteiger partial charge in [-0.1, -0.05) is 65.7 Å². The van der Waals surface area contributed by atoms with Gasteiger partial charge in [-0.3, -0.25) is 9.59 Å². The predicted molar refractivity (Wildman–Crippen MR) is 149 cm³/mol. The molecular formula is C30H22Cl2N2O3. The van der Waals surface area contributed by atoms with E-state index in [1.54, 1.807) is 24.3 Å². The maximum atomic E-state index is 12.4. The summed E-state index contributed by atoms with van der Waals surface area (Å²) in [7, 11) is 0. The Labute approximate surface area is 223 Å². The Hall–Kier alpha value is -4.06. The molecule has 0 saturated heterocycles. The Balaban J connectivity index is 1.59. The first-order valence-electron chi connectivity index (χ1n) is 11.6. The number of hydrogen-bond donors (Lipinski definition) is 3. The largest absolute Gasteiger partial charge is 0.481 e. The van der Waals surface area contributed by atoms with Gasteiger partial charge in [0.05, 0.1) is 17.6 Å². The highest BCUT2D eigenvalue weighted by Gasteiger charge is 2.18. The maximum Gasteiger partial charge on any atom is 0.307 e. The summed E-state index contributed by atoms with van der Waals surface area (Å²) in [6.07, 6.45) is -0.0473. The van der Waals surface area contributed by atoms with E-state index in [4.69, 9.17) is 28.3 Å². The van der Waals surface area contributed by atoms with Gasteiger partial charge in [-0.15, -0.1) is 0 Å². The Bertz CT molecular complexity index is 1580. The van der Waals surface area contributed by atoms with E-state index in [-0.39, 0.29) is 17.9 Å². The zero-order valence-corrected chi connectivity index (χ0v) is 21.1. The maximum absolute atomic E-state index is 12.4. The van der Waals surface area contributed by atoms with Crippen LogP contribution in [0.3, 0.4) is 0 Å². The molecule has 184 valence electrons. The van der Waals surface area contributed by atoms with E-state index in [1.807, 2.05) is 60.7 Å². The molecule has 5 rings (SSSR count). The van der Waals surface area contributed by atoms with Gasteiger partial charge in [-0.2, -0.15) is 0 Å². The summed E-state index contributed by atoms with van der Waals surface area (Å²) < 4.78 is 0. The number of pyridine rings is 1. The third kappa shape index (κ3) is 5.69. The minimum atomic E-state index is -0.884. The third-order valence-electron chi connectivity index (χ3n) is 6.20. The van der Waals surface area contributed by atoms with Crippen LogP contribution in [0.1, 0.15) is 28.2 Å². The molecule has 0 amide bonds. The van der Waals surface area contributed by atoms with Gasteiger partial charge >= 0.3 is 5.97 Å². The number of benzene rings is 4. The molecule has 5 nitrogen and oxygen atoms in total. The molecule has 3 N–H and O–H groups in total. The highest BCUT2D eigenvalue weighted by atomic mass is 35.5. The van der Waals surface area contributed by atoms with Crippen LogP contribution in [0.5, 0.6) is 0 Å². The lowest BCUT2D eigenvalue weighted by molar-refractivity contribution is -0.136. The smallest absolute Gasteiger partial charge is 0.307 e. The Morgan fingerprint density at radius 2 is 1.35 bits per heavy atom. The normalized spacial score (nSPS) is 11.1. The molecule has 0 aliphatic heterocycles. The molecule has 4 aromatic carbocycles. The zero-order valence-electron chi connectivity index (χ0n) is 19.5. The quantitative estimate of drug-likeness (QED) is 0.192. The number of carboxylic acid groups (broad SMARTS) is 1. The number of aliphatic carboxylic acids is 1. The van der Waals surface area contributed by atoms with E-state index in [1.165, 1.54) is 6.07 Å². The standard InChI is InChI=1S/C30H22Cl2N2O3/c31-22-8-3-19(4-9-22)30(20-5-10-23(32)11-6-20)21-7-14-26-25(16-21)27(17-28(35)34-26)33-24-12-1-18(2-13-24)15-29(36)37/h1-14,16-17,30H,15H2,(H,36,37)(H2,33,34,35). The second-order valence-electron chi connectivity index (χ2n) is 8.78. The SMILES string of the molecule is O=C(O)Cc1ccc(Nc2cc(=O)[nH]c3ccc(C(c4ccc(Cl)cc4)c4ccc(Cl)cc4)cc23)cc1. The van der Waals surface area contributed by atoms with Gasteiger partial charge < -0.3 is 15.4 Å². The van der Waals surface area contributed by atoms with Crippen molar-refractivity contribution in [2.75, 3.05) is 5.32 Å². The van der Waals surface area contributed by atoms with Crippen molar-refractivity contribution in [3.05, 3.63) is 140 Å². The first kappa shape index (κ1) is 24.6. The summed E-state index contributed by atoms with van der Waals surface area (Å²) in [5.74, 6) is -0.973. The predicted octanol–water partition coefficient (Wildman–Crippen LogP) is 7.39. The average Bonchev–Trinajstić information content (AvgIpc) is 2.87. The molecule has 0 aliphatic rings. The second-order valence-corrected chi connectivity index (χ2v) is 9.65. The van der Waals surface area contributed by atoms with Crippen molar-refractivity contribution in [3.8, 4) is 0 Å². The molecule has 5 aromatic rings. The van der Waals surface area contributed by atoms with Crippen LogP contribution in [-0.4, -0.2) is 16.1 Å². The van der Waals surface area contributed by atoms with Crippen molar-refractivity contribution in [1.29, 1.82) is 0 Å². The first-order chi connectivity index (χ1) is 17.9. The lowest BCUT2D eigenvalue weighted by Gasteiger charge is -2.20. The number of halogens is 2. The molecule has 0 fully saturated rings. The van der Waals surface area contributed by atoms with Crippen LogP contribution >= 0.6 is 23.2 Å². The summed E-state index contributed by atoms with van der Waals surface area (Å²) in [5.41, 5.74) is 5.74. The van der Waals surface area contributed by atoms with Crippen LogP contribution in [0.25, 0.3) is 10.9 Å². The van der Waals surface area contributed by atoms with Gasteiger partial charge in [-0.25, -0.2) is 0 Å². The van der Waals surface area contributed by atoms with Crippen molar-refractivity contribution < 1.29 is 9.90 Å². The van der Waals surface area contributed by atoms with Crippen LogP contribution in [0.15, 0.2) is 102 Å². The molecule has 0 spiro atoms. The summed E-state index contributed by atoms with van der Waals surface area (Å²) in [6, 6.07) is 30.2. The van der Waals surface area contributed by atoms with E-state index in [0.717, 1.165) is 27.8 Å². The topological polar surface area (TPSA) is 82.2 Å². The third-order valence-corrected chi connectivity index (χ3v) is 6.70. The molecule has 1 aromatic heterocycles. The van der Waals surface area contributed by atoms with Gasteiger partial charge in [0.25, 0.3) is 0 Å². The fraction of sp³-hybridized carbons (Fsp3) is 0.0667. The van der Waals surface area contributed by atoms with Gasteiger partial charge in [0, 0.05) is 33.1 Å². The highest BCUT2D eigenvalue weighted by Crippen LogP contribution is 2.36. The van der Waals surface area contributed by atoms with E-state index in [9.17, 15) is 9.59 Å². The van der Waals surface area contributed by atoms with Crippen LogP contribution in [0.2, 0.25) is 10.0 Å². The number of H-pyrrole nitrogens is 1. The molecule has 0 radical (unpaired) electrons. The number of aromatic amines is 1. The molecule has 37 heavy (non-hydrogen) atoms. The second kappa shape index (κ2) is 10.5. The fourth-order valence-electron chi connectivity index (χ4n) is 4.48. The van der Waals surface area contributed by atoms with Gasteiger partial charge in [0.15, 0.2) is 0 Å². The zero-order chi connectivity index (χ0) is 25.9. The van der Waals surface area contributed by atoms with Crippen LogP contribution < -0.4 is 10.9 Å². The molecule has 7 heteroatoms. The first-order valence-corrected chi connectivity index (χ1v) is 12.4. The number of carboxylic acids is 1. The lowest BCUT2D eigenvalue weighted by Crippen LogP contribution is -2.08. The molecule has 0 bridgehead atoms. The number of anilines is 2. The average molecular weight is 529 g/mol. The van der Waals surface area contributed by atoms with Gasteiger partial charge in [0.2, 0.25) is 5.56 Å². The van der Waals surface area contributed by atoms with E-state index in [0.29, 0.717) is 26.8 Å². The van der Waals surface area contributed by atoms with Gasteiger partial charge in [0.1, 0.15) is 0 Å². The summed E-state index contributed by atoms with van der Waals surface area (Å²) in [5, 5.41) is 14.5. The Morgan fingerprint density at radius 1 is 0.784 bits per heavy atom. The van der Waals surface area contributed by atoms with Gasteiger partial charge in [-0.05, 0) is 70.8 Å². The van der Waals surface area contributed by atoms with Crippen molar-refractivity contribution in [3.63, 3.8) is 0 Å². The highest BCUT2D eigenvalue weighted by molar-refractivity contribution is 6.30. The lowest BCUT2D eigenvalue weighted by atomic mass is 9.84. The van der Waals surface area contributed by atoms with Crippen LogP contribution in [-0.2, 0) is 11.2 Å². The van der Waals surface area contributed by atoms with Crippen LogP contribution in [0.4, 0.5) is 11.4 Å². The summed E-state index contributed by atoms with van der Waals surface area (Å²) in [4.78, 5) is 26.3. The summed E-state index contributed by atoms with van der Waals surface area (Å²) >= 11 is 12.3. The van der Waals surface area contributed by atoms with Crippen molar-refractivity contribution >= 4 is 51.4 Å². The monoisotopic (exact) mass is 528 g/mol.